The van der Waals surface area contributed by atoms with E-state index in [0.717, 1.165) is 10.0 Å². The molecule has 1 unspecified atom stereocenters. The molecule has 4 nitrogen and oxygen atoms in total. The predicted octanol–water partition coefficient (Wildman–Crippen LogP) is 2.89. The highest BCUT2D eigenvalue weighted by Gasteiger charge is 2.40. The van der Waals surface area contributed by atoms with Gasteiger partial charge in [0.1, 0.15) is 5.82 Å². The van der Waals surface area contributed by atoms with Crippen molar-refractivity contribution in [2.45, 2.75) is 12.3 Å². The highest BCUT2D eigenvalue weighted by atomic mass is 79.9. The minimum atomic E-state index is -0.408. The molecule has 0 radical (unpaired) electrons. The summed E-state index contributed by atoms with van der Waals surface area (Å²) < 4.78 is 0.806. The van der Waals surface area contributed by atoms with Gasteiger partial charge in [0.05, 0.1) is 5.92 Å². The number of hydrogen-bond acceptors (Lipinski definition) is 3. The van der Waals surface area contributed by atoms with Gasteiger partial charge in [0, 0.05) is 17.1 Å². The Bertz CT molecular complexity index is 655. The van der Waals surface area contributed by atoms with Gasteiger partial charge in [-0.15, -0.1) is 0 Å². The monoisotopic (exact) mass is 330 g/mol. The van der Waals surface area contributed by atoms with Crippen LogP contribution in [0, 0.1) is 0 Å². The number of nitrogens with zero attached hydrogens (tertiary/aromatic N) is 2. The summed E-state index contributed by atoms with van der Waals surface area (Å²) in [4.78, 5) is 29.9. The number of carbonyl (C=O) groups is 2. The van der Waals surface area contributed by atoms with Crippen LogP contribution in [0.15, 0.2) is 53.1 Å². The third-order valence-corrected chi connectivity index (χ3v) is 3.76. The Kier molecular flexibility index (Phi) is 3.36. The predicted molar refractivity (Wildman–Crippen MR) is 78.2 cm³/mol. The Labute approximate surface area is 124 Å². The number of benzene rings is 1. The van der Waals surface area contributed by atoms with Crippen molar-refractivity contribution in [3.8, 4) is 0 Å². The molecule has 1 aromatic carbocycles. The summed E-state index contributed by atoms with van der Waals surface area (Å²) in [5.41, 5.74) is 0.866. The largest absolute Gasteiger partial charge is 0.274 e. The minimum Gasteiger partial charge on any atom is -0.274 e. The summed E-state index contributed by atoms with van der Waals surface area (Å²) in [6.45, 7) is 0. The first-order valence-electron chi connectivity index (χ1n) is 6.20. The molecule has 1 fully saturated rings. The topological polar surface area (TPSA) is 50.3 Å². The van der Waals surface area contributed by atoms with Gasteiger partial charge < -0.3 is 0 Å². The lowest BCUT2D eigenvalue weighted by atomic mass is 9.98. The molecular formula is C15H11BrN2O2. The second-order valence-corrected chi connectivity index (χ2v) is 5.49. The Morgan fingerprint density at radius 3 is 2.50 bits per heavy atom. The van der Waals surface area contributed by atoms with Gasteiger partial charge in [-0.1, -0.05) is 30.3 Å². The molecule has 0 aliphatic carbocycles. The second kappa shape index (κ2) is 5.17. The smallest absolute Gasteiger partial charge is 0.243 e. The zero-order chi connectivity index (χ0) is 14.1. The molecule has 0 bridgehead atoms. The van der Waals surface area contributed by atoms with E-state index in [-0.39, 0.29) is 18.2 Å². The maximum absolute atomic E-state index is 12.5. The van der Waals surface area contributed by atoms with Gasteiger partial charge in [0.15, 0.2) is 0 Å². The molecule has 1 aromatic heterocycles. The molecule has 1 atom stereocenters. The van der Waals surface area contributed by atoms with Crippen LogP contribution in [-0.4, -0.2) is 16.8 Å². The van der Waals surface area contributed by atoms with Crippen LogP contribution >= 0.6 is 15.9 Å². The van der Waals surface area contributed by atoms with Crippen molar-refractivity contribution in [3.63, 3.8) is 0 Å². The maximum atomic E-state index is 12.5. The lowest BCUT2D eigenvalue weighted by molar-refractivity contribution is -0.121. The summed E-state index contributed by atoms with van der Waals surface area (Å²) in [6, 6.07) is 12.8. The van der Waals surface area contributed by atoms with E-state index in [4.69, 9.17) is 0 Å². The molecule has 3 rings (SSSR count). The zero-order valence-electron chi connectivity index (χ0n) is 10.5. The summed E-state index contributed by atoms with van der Waals surface area (Å²) in [5.74, 6) is -0.453. The van der Waals surface area contributed by atoms with Gasteiger partial charge in [0.2, 0.25) is 11.8 Å². The lowest BCUT2D eigenvalue weighted by Gasteiger charge is -2.14. The van der Waals surface area contributed by atoms with Crippen molar-refractivity contribution >= 4 is 33.6 Å². The number of amides is 2. The molecule has 2 heterocycles. The first kappa shape index (κ1) is 13.0. The third-order valence-electron chi connectivity index (χ3n) is 3.29. The molecule has 0 N–H and O–H groups in total. The Hall–Kier alpha value is -2.01. The normalized spacial score (nSPS) is 18.6. The van der Waals surface area contributed by atoms with Crippen molar-refractivity contribution in [2.24, 2.45) is 0 Å². The number of pyridine rings is 1. The van der Waals surface area contributed by atoms with Crippen molar-refractivity contribution in [1.82, 2.24) is 4.98 Å². The standard InChI is InChI=1S/C15H11BrN2O2/c16-11-6-7-13(17-9-11)18-14(19)8-12(15(18)20)10-4-2-1-3-5-10/h1-7,9,12H,8H2. The van der Waals surface area contributed by atoms with Crippen LogP contribution in [0.1, 0.15) is 17.9 Å². The molecule has 0 spiro atoms. The van der Waals surface area contributed by atoms with E-state index in [0.29, 0.717) is 5.82 Å². The summed E-state index contributed by atoms with van der Waals surface area (Å²) >= 11 is 3.28. The summed E-state index contributed by atoms with van der Waals surface area (Å²) in [6.07, 6.45) is 1.77. The fraction of sp³-hybridized carbons (Fsp3) is 0.133. The number of halogens is 1. The number of anilines is 1. The summed E-state index contributed by atoms with van der Waals surface area (Å²) in [7, 11) is 0. The molecular weight excluding hydrogens is 320 g/mol. The number of hydrogen-bond donors (Lipinski definition) is 0. The van der Waals surface area contributed by atoms with Crippen LogP contribution in [-0.2, 0) is 9.59 Å². The lowest BCUT2D eigenvalue weighted by Crippen LogP contribution is -2.30. The Morgan fingerprint density at radius 1 is 1.10 bits per heavy atom. The first-order chi connectivity index (χ1) is 9.66. The van der Waals surface area contributed by atoms with Crippen molar-refractivity contribution < 1.29 is 9.59 Å². The van der Waals surface area contributed by atoms with Crippen LogP contribution in [0.4, 0.5) is 5.82 Å². The van der Waals surface area contributed by atoms with E-state index >= 15 is 0 Å². The van der Waals surface area contributed by atoms with Crippen LogP contribution in [0.5, 0.6) is 0 Å². The van der Waals surface area contributed by atoms with Crippen LogP contribution in [0.25, 0.3) is 0 Å². The third kappa shape index (κ3) is 2.25. The van der Waals surface area contributed by atoms with Crippen LogP contribution in [0.2, 0.25) is 0 Å². The molecule has 2 aromatic rings. The molecule has 100 valence electrons. The average Bonchev–Trinajstić information content (AvgIpc) is 2.76. The fourth-order valence-electron chi connectivity index (χ4n) is 2.32. The van der Waals surface area contributed by atoms with E-state index in [2.05, 4.69) is 20.9 Å². The number of rotatable bonds is 2. The maximum Gasteiger partial charge on any atom is 0.243 e. The number of carbonyl (C=O) groups excluding carboxylic acids is 2. The van der Waals surface area contributed by atoms with Gasteiger partial charge in [-0.2, -0.15) is 0 Å². The quantitative estimate of drug-likeness (QED) is 0.795. The van der Waals surface area contributed by atoms with Crippen LogP contribution in [0.3, 0.4) is 0 Å². The Balaban J connectivity index is 1.93. The molecule has 5 heteroatoms. The van der Waals surface area contributed by atoms with Crippen molar-refractivity contribution in [1.29, 1.82) is 0 Å². The first-order valence-corrected chi connectivity index (χ1v) is 6.99. The molecule has 0 saturated carbocycles. The average molecular weight is 331 g/mol. The van der Waals surface area contributed by atoms with Crippen molar-refractivity contribution in [2.75, 3.05) is 4.90 Å². The SMILES string of the molecule is O=C1CC(c2ccccc2)C(=O)N1c1ccc(Br)cn1. The number of imide groups is 1. The van der Waals surface area contributed by atoms with Gasteiger partial charge in [-0.25, -0.2) is 9.88 Å². The van der Waals surface area contributed by atoms with E-state index < -0.39 is 5.92 Å². The summed E-state index contributed by atoms with van der Waals surface area (Å²) in [5, 5.41) is 0. The number of aromatic nitrogens is 1. The molecule has 1 saturated heterocycles. The van der Waals surface area contributed by atoms with E-state index in [9.17, 15) is 9.59 Å². The molecule has 1 aliphatic heterocycles. The molecule has 20 heavy (non-hydrogen) atoms. The minimum absolute atomic E-state index is 0.195. The highest BCUT2D eigenvalue weighted by molar-refractivity contribution is 9.10. The molecule has 1 aliphatic rings. The van der Waals surface area contributed by atoms with E-state index in [1.165, 1.54) is 4.90 Å². The zero-order valence-corrected chi connectivity index (χ0v) is 12.1. The van der Waals surface area contributed by atoms with Gasteiger partial charge in [-0.3, -0.25) is 9.59 Å². The molecule has 2 amide bonds. The van der Waals surface area contributed by atoms with Crippen molar-refractivity contribution in [3.05, 3.63) is 58.7 Å². The van der Waals surface area contributed by atoms with Crippen LogP contribution < -0.4 is 4.90 Å². The second-order valence-electron chi connectivity index (χ2n) is 4.57. The van der Waals surface area contributed by atoms with E-state index in [1.54, 1.807) is 18.3 Å². The fourth-order valence-corrected chi connectivity index (χ4v) is 2.55. The van der Waals surface area contributed by atoms with Gasteiger partial charge in [-0.05, 0) is 33.6 Å². The van der Waals surface area contributed by atoms with Gasteiger partial charge >= 0.3 is 0 Å². The van der Waals surface area contributed by atoms with Gasteiger partial charge in [0.25, 0.3) is 0 Å². The van der Waals surface area contributed by atoms with E-state index in [1.807, 2.05) is 30.3 Å². The Morgan fingerprint density at radius 2 is 1.85 bits per heavy atom. The highest BCUT2D eigenvalue weighted by Crippen LogP contribution is 2.32.